The summed E-state index contributed by atoms with van der Waals surface area (Å²) in [5.74, 6) is 2.34. The lowest BCUT2D eigenvalue weighted by Crippen LogP contribution is -1.99. The fourth-order valence-corrected chi connectivity index (χ4v) is 5.48. The number of rotatable bonds is 6. The number of aryl methyl sites for hydroxylation is 1. The molecule has 0 aliphatic heterocycles. The van der Waals surface area contributed by atoms with Gasteiger partial charge in [0.25, 0.3) is 0 Å². The van der Waals surface area contributed by atoms with Crippen molar-refractivity contribution in [1.82, 2.24) is 19.7 Å². The van der Waals surface area contributed by atoms with Gasteiger partial charge in [0.05, 0.1) is 17.5 Å². The average molecular weight is 437 g/mol. The molecule has 0 bridgehead atoms. The van der Waals surface area contributed by atoms with Gasteiger partial charge in [-0.2, -0.15) is 11.3 Å². The van der Waals surface area contributed by atoms with Crippen molar-refractivity contribution in [2.24, 2.45) is 0 Å². The van der Waals surface area contributed by atoms with Crippen LogP contribution in [0.1, 0.15) is 11.5 Å². The van der Waals surface area contributed by atoms with Gasteiger partial charge in [-0.3, -0.25) is 4.57 Å². The zero-order chi connectivity index (χ0) is 19.6. The Balaban J connectivity index is 1.46. The van der Waals surface area contributed by atoms with Crippen LogP contribution in [-0.2, 0) is 5.75 Å². The molecule has 0 aliphatic rings. The Bertz CT molecular complexity index is 1220. The summed E-state index contributed by atoms with van der Waals surface area (Å²) in [5.41, 5.74) is 4.20. The van der Waals surface area contributed by atoms with Crippen molar-refractivity contribution >= 4 is 34.4 Å². The fraction of sp³-hybridized carbons (Fsp3) is 0.0952. The average Bonchev–Trinajstić information content (AvgIpc) is 3.52. The SMILES string of the molecule is Cc1occc1-c1nnc(SCc2csc(-c3ccsc3)n2)n1-c1ccccc1. The molecule has 0 aliphatic carbocycles. The maximum Gasteiger partial charge on any atom is 0.196 e. The van der Waals surface area contributed by atoms with Gasteiger partial charge in [-0.25, -0.2) is 4.98 Å². The second kappa shape index (κ2) is 7.98. The predicted octanol–water partition coefficient (Wildman–Crippen LogP) is 6.31. The molecule has 0 fully saturated rings. The molecule has 0 unspecified atom stereocenters. The first-order chi connectivity index (χ1) is 14.3. The Morgan fingerprint density at radius 1 is 1.07 bits per heavy atom. The highest BCUT2D eigenvalue weighted by Crippen LogP contribution is 2.33. The van der Waals surface area contributed by atoms with E-state index < -0.39 is 0 Å². The highest BCUT2D eigenvalue weighted by atomic mass is 32.2. The molecule has 5 nitrogen and oxygen atoms in total. The first kappa shape index (κ1) is 18.4. The predicted molar refractivity (Wildman–Crippen MR) is 119 cm³/mol. The molecule has 0 amide bonds. The number of hydrogen-bond acceptors (Lipinski definition) is 7. The molecule has 5 rings (SSSR count). The first-order valence-corrected chi connectivity index (χ1v) is 11.8. The van der Waals surface area contributed by atoms with Crippen LogP contribution in [0.25, 0.3) is 27.6 Å². The van der Waals surface area contributed by atoms with Gasteiger partial charge < -0.3 is 4.42 Å². The van der Waals surface area contributed by atoms with Crippen molar-refractivity contribution < 1.29 is 4.42 Å². The highest BCUT2D eigenvalue weighted by molar-refractivity contribution is 7.98. The third-order valence-corrected chi connectivity index (χ3v) is 7.00. The van der Waals surface area contributed by atoms with Crippen molar-refractivity contribution in [3.63, 3.8) is 0 Å². The van der Waals surface area contributed by atoms with E-state index in [0.717, 1.165) is 44.4 Å². The van der Waals surface area contributed by atoms with Gasteiger partial charge in [-0.15, -0.1) is 21.5 Å². The topological polar surface area (TPSA) is 56.7 Å². The minimum Gasteiger partial charge on any atom is -0.469 e. The summed E-state index contributed by atoms with van der Waals surface area (Å²) in [6, 6.07) is 14.2. The molecular weight excluding hydrogens is 420 g/mol. The number of benzene rings is 1. The number of hydrogen-bond donors (Lipinski definition) is 0. The van der Waals surface area contributed by atoms with Gasteiger partial charge in [0.1, 0.15) is 10.8 Å². The second-order valence-corrected chi connectivity index (χ2v) is 8.89. The summed E-state index contributed by atoms with van der Waals surface area (Å²) >= 11 is 5.00. The third-order valence-electron chi connectivity index (χ3n) is 4.42. The number of thiazole rings is 1. The Morgan fingerprint density at radius 3 is 2.72 bits per heavy atom. The van der Waals surface area contributed by atoms with Crippen LogP contribution in [0.5, 0.6) is 0 Å². The molecule has 4 heterocycles. The molecular formula is C21H16N4OS3. The molecule has 1 aromatic carbocycles. The number of aromatic nitrogens is 4. The third kappa shape index (κ3) is 3.66. The van der Waals surface area contributed by atoms with E-state index in [1.165, 1.54) is 5.56 Å². The molecule has 0 atom stereocenters. The Morgan fingerprint density at radius 2 is 1.97 bits per heavy atom. The largest absolute Gasteiger partial charge is 0.469 e. The lowest BCUT2D eigenvalue weighted by Gasteiger charge is -2.09. The van der Waals surface area contributed by atoms with Crippen molar-refractivity contribution in [1.29, 1.82) is 0 Å². The van der Waals surface area contributed by atoms with Crippen LogP contribution >= 0.6 is 34.4 Å². The van der Waals surface area contributed by atoms with E-state index >= 15 is 0 Å². The Labute approximate surface area is 180 Å². The van der Waals surface area contributed by atoms with Crippen molar-refractivity contribution in [3.8, 4) is 27.6 Å². The Hall–Kier alpha value is -2.68. The van der Waals surface area contributed by atoms with Gasteiger partial charge in [0.15, 0.2) is 11.0 Å². The standard InChI is InChI=1S/C21H16N4OS3/c1-14-18(7-9-26-14)19-23-24-21(25(19)17-5-3-2-4-6-17)29-13-16-12-28-20(22-16)15-8-10-27-11-15/h2-12H,13H2,1H3. The number of thiophene rings is 1. The zero-order valence-corrected chi connectivity index (χ0v) is 17.9. The summed E-state index contributed by atoms with van der Waals surface area (Å²) in [5, 5.41) is 17.1. The second-order valence-electron chi connectivity index (χ2n) is 6.31. The number of para-hydroxylation sites is 1. The fourth-order valence-electron chi connectivity index (χ4n) is 3.00. The van der Waals surface area contributed by atoms with Crippen LogP contribution in [-0.4, -0.2) is 19.7 Å². The number of thioether (sulfide) groups is 1. The monoisotopic (exact) mass is 436 g/mol. The molecule has 4 aromatic heterocycles. The minimum atomic E-state index is 0.732. The van der Waals surface area contributed by atoms with E-state index in [4.69, 9.17) is 9.40 Å². The van der Waals surface area contributed by atoms with Gasteiger partial charge in [-0.05, 0) is 36.6 Å². The van der Waals surface area contributed by atoms with Crippen LogP contribution in [0.3, 0.4) is 0 Å². The molecule has 8 heteroatoms. The first-order valence-electron chi connectivity index (χ1n) is 8.94. The maximum atomic E-state index is 5.49. The van der Waals surface area contributed by atoms with Crippen LogP contribution < -0.4 is 0 Å². The van der Waals surface area contributed by atoms with E-state index in [1.54, 1.807) is 40.7 Å². The molecule has 29 heavy (non-hydrogen) atoms. The molecule has 0 saturated carbocycles. The van der Waals surface area contributed by atoms with E-state index in [0.29, 0.717) is 0 Å². The lowest BCUT2D eigenvalue weighted by molar-refractivity contribution is 0.535. The molecule has 0 saturated heterocycles. The highest BCUT2D eigenvalue weighted by Gasteiger charge is 2.19. The quantitative estimate of drug-likeness (QED) is 0.292. The Kier molecular flexibility index (Phi) is 5.05. The van der Waals surface area contributed by atoms with Gasteiger partial charge in [0, 0.05) is 27.8 Å². The van der Waals surface area contributed by atoms with Gasteiger partial charge in [0.2, 0.25) is 0 Å². The molecule has 0 N–H and O–H groups in total. The molecule has 0 radical (unpaired) electrons. The molecule has 144 valence electrons. The summed E-state index contributed by atoms with van der Waals surface area (Å²) < 4.78 is 7.57. The van der Waals surface area contributed by atoms with Gasteiger partial charge >= 0.3 is 0 Å². The maximum absolute atomic E-state index is 5.49. The summed E-state index contributed by atoms with van der Waals surface area (Å²) in [6.07, 6.45) is 1.68. The van der Waals surface area contributed by atoms with Crippen LogP contribution in [0.4, 0.5) is 0 Å². The van der Waals surface area contributed by atoms with E-state index in [9.17, 15) is 0 Å². The van der Waals surface area contributed by atoms with Crippen molar-refractivity contribution in [2.45, 2.75) is 17.8 Å². The number of nitrogens with zero attached hydrogens (tertiary/aromatic N) is 4. The van der Waals surface area contributed by atoms with Crippen LogP contribution in [0.15, 0.2) is 74.4 Å². The summed E-state index contributed by atoms with van der Waals surface area (Å²) in [4.78, 5) is 4.77. The lowest BCUT2D eigenvalue weighted by atomic mass is 10.2. The molecule has 0 spiro atoms. The van der Waals surface area contributed by atoms with E-state index in [2.05, 4.69) is 49.1 Å². The van der Waals surface area contributed by atoms with Crippen LogP contribution in [0, 0.1) is 6.92 Å². The minimum absolute atomic E-state index is 0.732. The van der Waals surface area contributed by atoms with Crippen molar-refractivity contribution in [2.75, 3.05) is 0 Å². The summed E-state index contributed by atoms with van der Waals surface area (Å²) in [6.45, 7) is 1.94. The summed E-state index contributed by atoms with van der Waals surface area (Å²) in [7, 11) is 0. The normalized spacial score (nSPS) is 11.2. The van der Waals surface area contributed by atoms with Crippen molar-refractivity contribution in [3.05, 3.63) is 76.3 Å². The zero-order valence-electron chi connectivity index (χ0n) is 15.5. The van der Waals surface area contributed by atoms with E-state index in [1.807, 2.05) is 31.2 Å². The number of furan rings is 1. The van der Waals surface area contributed by atoms with Crippen LogP contribution in [0.2, 0.25) is 0 Å². The smallest absolute Gasteiger partial charge is 0.196 e. The van der Waals surface area contributed by atoms with E-state index in [-0.39, 0.29) is 0 Å². The van der Waals surface area contributed by atoms with Gasteiger partial charge in [-0.1, -0.05) is 30.0 Å². The molecule has 5 aromatic rings.